The van der Waals surface area contributed by atoms with Crippen molar-refractivity contribution >= 4 is 27.4 Å². The van der Waals surface area contributed by atoms with E-state index in [2.05, 4.69) is 4.72 Å². The number of ether oxygens (including phenoxy) is 2. The Morgan fingerprint density at radius 2 is 1.79 bits per heavy atom. The fourth-order valence-electron chi connectivity index (χ4n) is 2.40. The molecule has 13 heteroatoms. The number of methoxy groups -OCH3 is 1. The van der Waals surface area contributed by atoms with Gasteiger partial charge in [0.1, 0.15) is 17.5 Å². The summed E-state index contributed by atoms with van der Waals surface area (Å²) in [5.41, 5.74) is 10.3. The van der Waals surface area contributed by atoms with Crippen LogP contribution in [0.2, 0.25) is 0 Å². The Kier molecular flexibility index (Phi) is 11.0. The van der Waals surface area contributed by atoms with E-state index in [9.17, 15) is 23.3 Å². The first-order valence-electron chi connectivity index (χ1n) is 9.73. The highest BCUT2D eigenvalue weighted by atomic mass is 32.2. The number of nitro benzene ring substituents is 1. The monoisotopic (exact) mass is 484 g/mol. The lowest BCUT2D eigenvalue weighted by Crippen LogP contribution is -2.29. The molecule has 33 heavy (non-hydrogen) atoms. The molecule has 0 aliphatic heterocycles. The Bertz CT molecular complexity index is 1030. The predicted molar refractivity (Wildman–Crippen MR) is 123 cm³/mol. The van der Waals surface area contributed by atoms with Gasteiger partial charge < -0.3 is 26.0 Å². The van der Waals surface area contributed by atoms with Crippen molar-refractivity contribution in [2.45, 2.75) is 25.3 Å². The van der Waals surface area contributed by atoms with Gasteiger partial charge in [-0.05, 0) is 49.7 Å². The average Bonchev–Trinajstić information content (AvgIpc) is 2.75. The number of aliphatic carboxylic acids is 1. The lowest BCUT2D eigenvalue weighted by atomic mass is 10.1. The van der Waals surface area contributed by atoms with E-state index in [4.69, 9.17) is 26.0 Å². The number of carboxylic acids is 1. The largest absolute Gasteiger partial charge is 0.497 e. The van der Waals surface area contributed by atoms with Gasteiger partial charge in [0.15, 0.2) is 5.75 Å². The van der Waals surface area contributed by atoms with Crippen molar-refractivity contribution in [2.24, 2.45) is 11.5 Å². The van der Waals surface area contributed by atoms with E-state index < -0.39 is 27.0 Å². The van der Waals surface area contributed by atoms with Crippen LogP contribution in [0.25, 0.3) is 0 Å². The summed E-state index contributed by atoms with van der Waals surface area (Å²) in [5.74, 6) is 0.0838. The number of nitrogens with two attached hydrogens (primary N) is 2. The van der Waals surface area contributed by atoms with Crippen LogP contribution in [-0.4, -0.2) is 50.4 Å². The molecule has 2 aromatic carbocycles. The van der Waals surface area contributed by atoms with Crippen LogP contribution in [0.15, 0.2) is 42.5 Å². The van der Waals surface area contributed by atoms with Crippen LogP contribution in [0.4, 0.5) is 11.4 Å². The van der Waals surface area contributed by atoms with Crippen LogP contribution in [0.5, 0.6) is 17.2 Å². The highest BCUT2D eigenvalue weighted by Gasteiger charge is 2.15. The van der Waals surface area contributed by atoms with Crippen molar-refractivity contribution < 1.29 is 32.7 Å². The molecule has 0 fully saturated rings. The minimum Gasteiger partial charge on any atom is -0.497 e. The molecule has 0 bridgehead atoms. The number of benzene rings is 2. The summed E-state index contributed by atoms with van der Waals surface area (Å²) in [5, 5.41) is 19.2. The lowest BCUT2D eigenvalue weighted by molar-refractivity contribution is -0.384. The summed E-state index contributed by atoms with van der Waals surface area (Å²) in [6.07, 6.45) is 3.14. The standard InChI is InChI=1S/C14H14N2O6S.C6H14N2O2/c1-21-11-4-6-12(7-5-11)22-14-9-10(16(17)18)3-8-13(14)15-23(2,19)20;7-4-2-1-3-5(8)6(9)10/h3-9,15H,1-2H3;5H,1-4,7-8H2,(H,9,10). The summed E-state index contributed by atoms with van der Waals surface area (Å²) < 4.78 is 35.6. The molecule has 0 aliphatic carbocycles. The molecule has 0 amide bonds. The zero-order chi connectivity index (χ0) is 25.0. The maximum absolute atomic E-state index is 11.4. The first-order chi connectivity index (χ1) is 15.5. The Labute approximate surface area is 191 Å². The van der Waals surface area contributed by atoms with Crippen LogP contribution in [0.1, 0.15) is 19.3 Å². The molecule has 1 atom stereocenters. The molecule has 0 radical (unpaired) electrons. The summed E-state index contributed by atoms with van der Waals surface area (Å²) >= 11 is 0. The first kappa shape index (κ1) is 27.6. The van der Waals surface area contributed by atoms with Crippen LogP contribution >= 0.6 is 0 Å². The van der Waals surface area contributed by atoms with Gasteiger partial charge in [0.25, 0.3) is 5.69 Å². The van der Waals surface area contributed by atoms with E-state index >= 15 is 0 Å². The summed E-state index contributed by atoms with van der Waals surface area (Å²) in [6, 6.07) is 9.40. The molecule has 6 N–H and O–H groups in total. The molecule has 12 nitrogen and oxygen atoms in total. The van der Waals surface area contributed by atoms with Gasteiger partial charge in [-0.2, -0.15) is 0 Å². The van der Waals surface area contributed by atoms with E-state index in [1.807, 2.05) is 0 Å². The molecule has 0 heterocycles. The second kappa shape index (κ2) is 13.2. The van der Waals surface area contributed by atoms with E-state index in [-0.39, 0.29) is 17.1 Å². The summed E-state index contributed by atoms with van der Waals surface area (Å²) in [7, 11) is -2.04. The molecule has 0 spiro atoms. The van der Waals surface area contributed by atoms with Crippen LogP contribution in [0.3, 0.4) is 0 Å². The third-order valence-electron chi connectivity index (χ3n) is 4.05. The predicted octanol–water partition coefficient (Wildman–Crippen LogP) is 2.29. The Hall–Kier alpha value is -3.42. The van der Waals surface area contributed by atoms with Crippen molar-refractivity contribution in [1.82, 2.24) is 0 Å². The molecule has 2 rings (SSSR count). The molecule has 2 aromatic rings. The molecular formula is C20H28N4O8S. The number of hydrogen-bond donors (Lipinski definition) is 4. The fourth-order valence-corrected chi connectivity index (χ4v) is 2.96. The van der Waals surface area contributed by atoms with Gasteiger partial charge in [-0.25, -0.2) is 8.42 Å². The third kappa shape index (κ3) is 10.6. The number of anilines is 1. The van der Waals surface area contributed by atoms with Crippen LogP contribution in [0, 0.1) is 10.1 Å². The SMILES string of the molecule is COc1ccc(Oc2cc([N+](=O)[O-])ccc2NS(C)(=O)=O)cc1.NCCCCC(N)C(=O)O. The van der Waals surface area contributed by atoms with Crippen LogP contribution < -0.4 is 25.7 Å². The second-order valence-corrected chi connectivity index (χ2v) is 8.57. The van der Waals surface area contributed by atoms with Crippen molar-refractivity contribution in [3.05, 3.63) is 52.6 Å². The normalized spacial score (nSPS) is 11.5. The van der Waals surface area contributed by atoms with Crippen LogP contribution in [-0.2, 0) is 14.8 Å². The Morgan fingerprint density at radius 1 is 1.18 bits per heavy atom. The molecule has 0 aromatic heterocycles. The number of nitro groups is 1. The van der Waals surface area contributed by atoms with Gasteiger partial charge in [0, 0.05) is 6.07 Å². The average molecular weight is 485 g/mol. The molecular weight excluding hydrogens is 456 g/mol. The van der Waals surface area contributed by atoms with Crippen molar-refractivity contribution in [2.75, 3.05) is 24.6 Å². The highest BCUT2D eigenvalue weighted by Crippen LogP contribution is 2.34. The van der Waals surface area contributed by atoms with Crippen molar-refractivity contribution in [3.63, 3.8) is 0 Å². The van der Waals surface area contributed by atoms with E-state index in [0.717, 1.165) is 25.2 Å². The smallest absolute Gasteiger partial charge is 0.320 e. The number of nitrogens with zero attached hydrogens (tertiary/aromatic N) is 1. The van der Waals surface area contributed by atoms with Gasteiger partial charge in [-0.15, -0.1) is 0 Å². The van der Waals surface area contributed by atoms with E-state index in [1.54, 1.807) is 24.3 Å². The van der Waals surface area contributed by atoms with E-state index in [0.29, 0.717) is 24.5 Å². The number of unbranched alkanes of at least 4 members (excludes halogenated alkanes) is 1. The zero-order valence-corrected chi connectivity index (χ0v) is 19.1. The zero-order valence-electron chi connectivity index (χ0n) is 18.3. The Balaban J connectivity index is 0.000000461. The second-order valence-electron chi connectivity index (χ2n) is 6.82. The summed E-state index contributed by atoms with van der Waals surface area (Å²) in [4.78, 5) is 20.4. The van der Waals surface area contributed by atoms with Gasteiger partial charge in [-0.1, -0.05) is 6.42 Å². The number of nitrogens with one attached hydrogen (secondary N) is 1. The number of carboxylic acid groups (broad SMARTS) is 1. The molecule has 1 unspecified atom stereocenters. The topological polar surface area (TPSA) is 197 Å². The number of sulfonamides is 1. The fraction of sp³-hybridized carbons (Fsp3) is 0.350. The van der Waals surface area contributed by atoms with Gasteiger partial charge in [-0.3, -0.25) is 19.6 Å². The molecule has 0 saturated carbocycles. The van der Waals surface area contributed by atoms with Crippen molar-refractivity contribution in [3.8, 4) is 17.2 Å². The van der Waals surface area contributed by atoms with Crippen molar-refractivity contribution in [1.29, 1.82) is 0 Å². The number of rotatable bonds is 11. The number of hydrogen-bond acceptors (Lipinski definition) is 9. The minimum atomic E-state index is -3.56. The maximum Gasteiger partial charge on any atom is 0.320 e. The quantitative estimate of drug-likeness (QED) is 0.208. The number of carbonyl (C=O) groups is 1. The maximum atomic E-state index is 11.4. The molecule has 0 saturated heterocycles. The van der Waals surface area contributed by atoms with Gasteiger partial charge >= 0.3 is 5.97 Å². The molecule has 0 aliphatic rings. The minimum absolute atomic E-state index is 0.0230. The third-order valence-corrected chi connectivity index (χ3v) is 4.64. The first-order valence-corrected chi connectivity index (χ1v) is 11.6. The highest BCUT2D eigenvalue weighted by molar-refractivity contribution is 7.92. The number of non-ortho nitro benzene ring substituents is 1. The van der Waals surface area contributed by atoms with Gasteiger partial charge in [0.2, 0.25) is 10.0 Å². The van der Waals surface area contributed by atoms with Gasteiger partial charge in [0.05, 0.1) is 30.0 Å². The summed E-state index contributed by atoms with van der Waals surface area (Å²) in [6.45, 7) is 0.604. The Morgan fingerprint density at radius 3 is 2.27 bits per heavy atom. The lowest BCUT2D eigenvalue weighted by Gasteiger charge is -2.12. The molecule has 182 valence electrons. The van der Waals surface area contributed by atoms with E-state index in [1.165, 1.54) is 19.2 Å².